The molecule has 4 aliphatic rings. The molecule has 187 valence electrons. The maximum absolute atomic E-state index is 2.51. The van der Waals surface area contributed by atoms with Crippen molar-refractivity contribution >= 4 is 30.7 Å². The Labute approximate surface area is 250 Å². The van der Waals surface area contributed by atoms with Gasteiger partial charge in [-0.25, -0.2) is 0 Å². The van der Waals surface area contributed by atoms with Crippen LogP contribution in [0.15, 0.2) is 65.1 Å². The number of halogens is 2. The predicted octanol–water partition coefficient (Wildman–Crippen LogP) is 3.37. The minimum atomic E-state index is -0.972. The Hall–Kier alpha value is -0.700. The first-order valence-electron chi connectivity index (χ1n) is 12.7. The molecule has 2 aliphatic carbocycles. The van der Waals surface area contributed by atoms with Crippen LogP contribution in [0.2, 0.25) is 13.1 Å². The molecule has 2 bridgehead atoms. The van der Waals surface area contributed by atoms with E-state index in [9.17, 15) is 0 Å². The van der Waals surface area contributed by atoms with E-state index in [-0.39, 0.29) is 24.8 Å². The van der Waals surface area contributed by atoms with Crippen LogP contribution < -0.4 is 24.8 Å². The Morgan fingerprint density at radius 1 is 0.972 bits per heavy atom. The molecule has 0 radical (unpaired) electrons. The minimum Gasteiger partial charge on any atom is -1.00 e. The van der Waals surface area contributed by atoms with Gasteiger partial charge in [0.2, 0.25) is 0 Å². The Morgan fingerprint density at radius 3 is 2.25 bits per heavy atom. The van der Waals surface area contributed by atoms with Crippen molar-refractivity contribution in [2.45, 2.75) is 62.8 Å². The van der Waals surface area contributed by atoms with Crippen LogP contribution in [-0.4, -0.2) is 8.07 Å². The van der Waals surface area contributed by atoms with Gasteiger partial charge in [-0.1, -0.05) is 18.7 Å². The van der Waals surface area contributed by atoms with Crippen LogP contribution in [0, 0.1) is 5.92 Å². The summed E-state index contributed by atoms with van der Waals surface area (Å²) in [7, 11) is -0.972. The van der Waals surface area contributed by atoms with Crippen LogP contribution in [0.5, 0.6) is 0 Å². The molecule has 0 saturated carbocycles. The number of thiophene rings is 1. The second kappa shape index (κ2) is 11.6. The summed E-state index contributed by atoms with van der Waals surface area (Å²) in [5, 5.41) is 4.02. The monoisotopic (exact) mass is 627 g/mol. The van der Waals surface area contributed by atoms with Gasteiger partial charge in [-0.15, -0.1) is 11.3 Å². The average Bonchev–Trinajstić information content (AvgIpc) is 3.51. The van der Waals surface area contributed by atoms with E-state index in [0.29, 0.717) is 9.54 Å². The number of benzene rings is 2. The van der Waals surface area contributed by atoms with Crippen molar-refractivity contribution in [3.05, 3.63) is 92.2 Å². The molecule has 2 aromatic carbocycles. The number of allylic oxidation sites excluding steroid dienone is 2. The van der Waals surface area contributed by atoms with E-state index in [0.717, 1.165) is 5.54 Å². The second-order valence-electron chi connectivity index (χ2n) is 10.9. The van der Waals surface area contributed by atoms with Gasteiger partial charge in [0.1, 0.15) is 0 Å². The molecule has 2 unspecified atom stereocenters. The van der Waals surface area contributed by atoms with E-state index in [1.165, 1.54) is 40.7 Å². The van der Waals surface area contributed by atoms with Crippen molar-refractivity contribution in [2.24, 2.45) is 5.92 Å². The maximum Gasteiger partial charge on any atom is -1.00 e. The number of aryl methyl sites for hydroxylation is 1. The summed E-state index contributed by atoms with van der Waals surface area (Å²) in [5.74, 6) is 0.636. The maximum atomic E-state index is 2.51. The van der Waals surface area contributed by atoms with Crippen molar-refractivity contribution in [3.63, 3.8) is 0 Å². The number of rotatable bonds is 4. The van der Waals surface area contributed by atoms with E-state index in [4.69, 9.17) is 0 Å². The largest absolute Gasteiger partial charge is 1.00 e. The van der Waals surface area contributed by atoms with Crippen LogP contribution in [0.3, 0.4) is 0 Å². The van der Waals surface area contributed by atoms with Gasteiger partial charge in [0.15, 0.2) is 0 Å². The Kier molecular flexibility index (Phi) is 9.61. The summed E-state index contributed by atoms with van der Waals surface area (Å²) < 4.78 is 0.640. The Morgan fingerprint density at radius 2 is 1.67 bits per heavy atom. The third-order valence-corrected chi connectivity index (χ3v) is 14.8. The molecule has 0 N–H and O–H groups in total. The topological polar surface area (TPSA) is 0 Å². The SMILES string of the molecule is CC1=C2c3sccc3C1[Si]2(C)C.CCCc1ccc(-c2cccc3c2C=C(C(C)C)[CH]3[Zr+2])cc1.[Cl-].[Cl-]. The molecule has 5 heteroatoms. The summed E-state index contributed by atoms with van der Waals surface area (Å²) in [5.41, 5.74) is 13.0. The fraction of sp³-hybridized carbons (Fsp3) is 0.355. The number of fused-ring (bicyclic) bond motifs is 1. The Bertz CT molecular complexity index is 1300. The van der Waals surface area contributed by atoms with Gasteiger partial charge in [0, 0.05) is 10.4 Å². The summed E-state index contributed by atoms with van der Waals surface area (Å²) in [4.78, 5) is 1.63. The number of hydrogen-bond acceptors (Lipinski definition) is 1. The molecule has 1 aromatic heterocycles. The molecule has 2 atom stereocenters. The third-order valence-electron chi connectivity index (χ3n) is 7.99. The van der Waals surface area contributed by atoms with Crippen LogP contribution in [0.4, 0.5) is 0 Å². The third kappa shape index (κ3) is 4.89. The molecule has 0 nitrogen and oxygen atoms in total. The van der Waals surface area contributed by atoms with Gasteiger partial charge in [0.05, 0.1) is 8.07 Å². The zero-order valence-electron chi connectivity index (χ0n) is 22.1. The van der Waals surface area contributed by atoms with Crippen LogP contribution in [0.25, 0.3) is 22.4 Å². The fourth-order valence-electron chi connectivity index (χ4n) is 6.42. The van der Waals surface area contributed by atoms with Gasteiger partial charge in [-0.2, -0.15) is 0 Å². The normalized spacial score (nSPS) is 19.9. The van der Waals surface area contributed by atoms with E-state index >= 15 is 0 Å². The molecule has 36 heavy (non-hydrogen) atoms. The number of hydrogen-bond donors (Lipinski definition) is 0. The average molecular weight is 630 g/mol. The van der Waals surface area contributed by atoms with Crippen molar-refractivity contribution in [3.8, 4) is 11.1 Å². The van der Waals surface area contributed by atoms with Gasteiger partial charge in [-0.05, 0) is 29.1 Å². The zero-order valence-corrected chi connectivity index (χ0v) is 27.9. The standard InChI is InChI=1S/C21H23.C10H12SSi.2ClH.Zr/c1-4-6-16-9-11-17(12-10-16)20-8-5-7-18-13-19(15(2)3)14-21(18)20;1-6-9-7-4-5-11-8(7)10(6)12(9,2)3;;;/h5,7-15H,4,6H2,1-3H3;4-5,9H,1-3H3;2*1H;/q;;;;+2/p-2. The smallest absolute Gasteiger partial charge is 1.00 e. The molecule has 0 spiro atoms. The molecule has 2 aliphatic heterocycles. The Balaban J connectivity index is 0.000000218. The van der Waals surface area contributed by atoms with Gasteiger partial charge < -0.3 is 24.8 Å². The van der Waals surface area contributed by atoms with E-state index in [1.807, 2.05) is 11.3 Å². The molecular weight excluding hydrogens is 595 g/mol. The molecule has 3 aromatic rings. The van der Waals surface area contributed by atoms with Crippen LogP contribution in [0.1, 0.15) is 70.4 Å². The van der Waals surface area contributed by atoms with Gasteiger partial charge in [0.25, 0.3) is 0 Å². The van der Waals surface area contributed by atoms with Crippen molar-refractivity contribution in [1.29, 1.82) is 0 Å². The van der Waals surface area contributed by atoms with Crippen LogP contribution >= 0.6 is 11.3 Å². The first-order chi connectivity index (χ1) is 16.3. The van der Waals surface area contributed by atoms with Gasteiger partial charge >= 0.3 is 150 Å². The zero-order chi connectivity index (χ0) is 24.2. The quantitative estimate of drug-likeness (QED) is 0.389. The molecule has 0 amide bonds. The fourth-order valence-corrected chi connectivity index (χ4v) is 14.3. The summed E-state index contributed by atoms with van der Waals surface area (Å²) >= 11 is 3.55. The molecule has 0 fully saturated rings. The predicted molar refractivity (Wildman–Crippen MR) is 149 cm³/mol. The summed E-state index contributed by atoms with van der Waals surface area (Å²) in [6.07, 6.45) is 4.83. The molecule has 3 heterocycles. The molecule has 0 saturated heterocycles. The second-order valence-corrected chi connectivity index (χ2v) is 17.8. The first-order valence-corrected chi connectivity index (χ1v) is 18.1. The van der Waals surface area contributed by atoms with Crippen molar-refractivity contribution in [2.75, 3.05) is 0 Å². The van der Waals surface area contributed by atoms with E-state index in [1.54, 1.807) is 51.5 Å². The van der Waals surface area contributed by atoms with E-state index in [2.05, 4.69) is 101 Å². The molecular formula is C31H35Cl2SSiZr. The summed E-state index contributed by atoms with van der Waals surface area (Å²) in [6, 6.07) is 18.3. The first kappa shape index (κ1) is 29.9. The molecule has 7 rings (SSSR count). The van der Waals surface area contributed by atoms with Crippen molar-refractivity contribution in [1.82, 2.24) is 0 Å². The summed E-state index contributed by atoms with van der Waals surface area (Å²) in [6.45, 7) is 14.2. The minimum absolute atomic E-state index is 0. The van der Waals surface area contributed by atoms with Gasteiger partial charge in [-0.3, -0.25) is 0 Å². The van der Waals surface area contributed by atoms with Crippen LogP contribution in [-0.2, 0) is 31.1 Å². The van der Waals surface area contributed by atoms with E-state index < -0.39 is 8.07 Å². The van der Waals surface area contributed by atoms with Crippen molar-refractivity contribution < 1.29 is 49.5 Å².